The fourth-order valence-corrected chi connectivity index (χ4v) is 3.84. The fraction of sp³-hybridized carbons (Fsp3) is 0.300. The summed E-state index contributed by atoms with van der Waals surface area (Å²) in [6.07, 6.45) is 0.0268. The lowest BCUT2D eigenvalue weighted by molar-refractivity contribution is 0.0956. The first-order chi connectivity index (χ1) is 12.9. The number of aromatic nitrogens is 1. The molecule has 7 heteroatoms. The van der Waals surface area contributed by atoms with Crippen LogP contribution >= 0.6 is 11.3 Å². The molecule has 0 saturated heterocycles. The Morgan fingerprint density at radius 3 is 2.63 bits per heavy atom. The van der Waals surface area contributed by atoms with Gasteiger partial charge in [0.2, 0.25) is 5.88 Å². The van der Waals surface area contributed by atoms with Crippen molar-refractivity contribution < 1.29 is 14.3 Å². The molecule has 2 heterocycles. The number of thiophene rings is 1. The van der Waals surface area contributed by atoms with Crippen LogP contribution in [0.15, 0.2) is 30.3 Å². The van der Waals surface area contributed by atoms with E-state index in [-0.39, 0.29) is 12.0 Å². The van der Waals surface area contributed by atoms with Crippen molar-refractivity contribution in [2.24, 2.45) is 0 Å². The number of amides is 1. The number of nitrogens with zero attached hydrogens (tertiary/aromatic N) is 1. The van der Waals surface area contributed by atoms with E-state index in [4.69, 9.17) is 15.2 Å². The van der Waals surface area contributed by atoms with E-state index in [0.29, 0.717) is 27.8 Å². The highest BCUT2D eigenvalue weighted by molar-refractivity contribution is 7.21. The topological polar surface area (TPSA) is 86.5 Å². The number of hydrogen-bond acceptors (Lipinski definition) is 6. The lowest BCUT2D eigenvalue weighted by atomic mass is 10.1. The van der Waals surface area contributed by atoms with Gasteiger partial charge in [0.15, 0.2) is 0 Å². The molecule has 0 bridgehead atoms. The summed E-state index contributed by atoms with van der Waals surface area (Å²) >= 11 is 1.28. The molecule has 0 aliphatic heterocycles. The maximum absolute atomic E-state index is 12.6. The Labute approximate surface area is 162 Å². The van der Waals surface area contributed by atoms with Gasteiger partial charge in [-0.05, 0) is 44.0 Å². The lowest BCUT2D eigenvalue weighted by Gasteiger charge is -2.09. The summed E-state index contributed by atoms with van der Waals surface area (Å²) in [5.41, 5.74) is 8.63. The van der Waals surface area contributed by atoms with E-state index < -0.39 is 0 Å². The third-order valence-corrected chi connectivity index (χ3v) is 5.15. The Bertz CT molecular complexity index is 965. The number of carbonyl (C=O) groups is 1. The first kappa shape index (κ1) is 19.0. The van der Waals surface area contributed by atoms with Gasteiger partial charge >= 0.3 is 0 Å². The minimum Gasteiger partial charge on any atom is -0.497 e. The number of nitrogens with two attached hydrogens (primary N) is 1. The van der Waals surface area contributed by atoms with Crippen molar-refractivity contribution >= 4 is 33.1 Å². The van der Waals surface area contributed by atoms with Crippen LogP contribution in [-0.4, -0.2) is 24.1 Å². The molecule has 3 N–H and O–H groups in total. The summed E-state index contributed by atoms with van der Waals surface area (Å²) in [6, 6.07) is 9.39. The average Bonchev–Trinajstić information content (AvgIpc) is 2.96. The number of anilines is 1. The standard InChI is InChI=1S/C20H23N3O3S/c1-11(2)26-15-9-12(3)16-17(21)18(27-20(16)23-15)19(24)22-10-13-5-7-14(25-4)8-6-13/h5-9,11H,10,21H2,1-4H3,(H,22,24). The zero-order valence-electron chi connectivity index (χ0n) is 15.8. The molecular formula is C20H23N3O3S. The summed E-state index contributed by atoms with van der Waals surface area (Å²) in [5, 5.41) is 3.72. The average molecular weight is 385 g/mol. The van der Waals surface area contributed by atoms with E-state index in [1.165, 1.54) is 11.3 Å². The molecule has 142 valence electrons. The second kappa shape index (κ2) is 7.84. The van der Waals surface area contributed by atoms with Gasteiger partial charge in [-0.25, -0.2) is 4.98 Å². The van der Waals surface area contributed by atoms with E-state index >= 15 is 0 Å². The summed E-state index contributed by atoms with van der Waals surface area (Å²) < 4.78 is 10.8. The van der Waals surface area contributed by atoms with Crippen molar-refractivity contribution in [3.8, 4) is 11.6 Å². The highest BCUT2D eigenvalue weighted by Crippen LogP contribution is 2.36. The predicted molar refractivity (Wildman–Crippen MR) is 109 cm³/mol. The molecule has 0 fully saturated rings. The molecule has 1 aromatic carbocycles. The predicted octanol–water partition coefficient (Wildman–Crippen LogP) is 3.91. The Kier molecular flexibility index (Phi) is 5.51. The summed E-state index contributed by atoms with van der Waals surface area (Å²) in [7, 11) is 1.62. The zero-order chi connectivity index (χ0) is 19.6. The van der Waals surface area contributed by atoms with Crippen LogP contribution in [0.4, 0.5) is 5.69 Å². The Balaban J connectivity index is 1.81. The van der Waals surface area contributed by atoms with Crippen LogP contribution < -0.4 is 20.5 Å². The van der Waals surface area contributed by atoms with Gasteiger partial charge in [-0.3, -0.25) is 4.79 Å². The van der Waals surface area contributed by atoms with E-state index in [0.717, 1.165) is 22.3 Å². The van der Waals surface area contributed by atoms with Gasteiger partial charge in [-0.1, -0.05) is 12.1 Å². The van der Waals surface area contributed by atoms with E-state index in [2.05, 4.69) is 10.3 Å². The van der Waals surface area contributed by atoms with E-state index in [1.54, 1.807) is 7.11 Å². The summed E-state index contributed by atoms with van der Waals surface area (Å²) in [6.45, 7) is 6.24. The molecule has 0 aliphatic rings. The van der Waals surface area contributed by atoms with Crippen molar-refractivity contribution in [2.45, 2.75) is 33.4 Å². The maximum Gasteiger partial charge on any atom is 0.263 e. The largest absolute Gasteiger partial charge is 0.497 e. The third-order valence-electron chi connectivity index (χ3n) is 4.05. The van der Waals surface area contributed by atoms with Crippen molar-refractivity contribution in [3.05, 3.63) is 46.3 Å². The van der Waals surface area contributed by atoms with Crippen LogP contribution in [0.2, 0.25) is 0 Å². The molecule has 27 heavy (non-hydrogen) atoms. The van der Waals surface area contributed by atoms with Gasteiger partial charge in [0.05, 0.1) is 18.9 Å². The molecular weight excluding hydrogens is 362 g/mol. The van der Waals surface area contributed by atoms with Gasteiger partial charge in [0, 0.05) is 18.0 Å². The molecule has 0 atom stereocenters. The first-order valence-corrected chi connectivity index (χ1v) is 9.48. The van der Waals surface area contributed by atoms with E-state index in [9.17, 15) is 4.79 Å². The molecule has 3 aromatic rings. The quantitative estimate of drug-likeness (QED) is 0.672. The van der Waals surface area contributed by atoms with Crippen LogP contribution in [0.1, 0.15) is 34.6 Å². The van der Waals surface area contributed by atoms with Crippen LogP contribution in [-0.2, 0) is 6.54 Å². The van der Waals surface area contributed by atoms with Crippen LogP contribution in [0, 0.1) is 6.92 Å². The number of benzene rings is 1. The van der Waals surface area contributed by atoms with Gasteiger partial charge < -0.3 is 20.5 Å². The molecule has 0 saturated carbocycles. The number of ether oxygens (including phenoxy) is 2. The number of fused-ring (bicyclic) bond motifs is 1. The molecule has 3 rings (SSSR count). The summed E-state index contributed by atoms with van der Waals surface area (Å²) in [5.74, 6) is 1.11. The number of aryl methyl sites for hydroxylation is 1. The molecule has 0 spiro atoms. The zero-order valence-corrected chi connectivity index (χ0v) is 16.6. The third kappa shape index (κ3) is 4.14. The molecule has 1 amide bonds. The first-order valence-electron chi connectivity index (χ1n) is 8.66. The number of hydrogen-bond donors (Lipinski definition) is 2. The van der Waals surface area contributed by atoms with Crippen molar-refractivity contribution in [1.82, 2.24) is 10.3 Å². The summed E-state index contributed by atoms with van der Waals surface area (Å²) in [4.78, 5) is 18.3. The van der Waals surface area contributed by atoms with Gasteiger partial charge in [0.1, 0.15) is 15.5 Å². The smallest absolute Gasteiger partial charge is 0.263 e. The number of nitrogens with one attached hydrogen (secondary N) is 1. The Morgan fingerprint density at radius 1 is 1.30 bits per heavy atom. The van der Waals surface area contributed by atoms with Crippen molar-refractivity contribution in [1.29, 1.82) is 0 Å². The molecule has 0 aliphatic carbocycles. The number of methoxy groups -OCH3 is 1. The Hall–Kier alpha value is -2.80. The fourth-order valence-electron chi connectivity index (χ4n) is 2.76. The van der Waals surface area contributed by atoms with Crippen molar-refractivity contribution in [3.63, 3.8) is 0 Å². The molecule has 0 unspecified atom stereocenters. The molecule has 6 nitrogen and oxygen atoms in total. The monoisotopic (exact) mass is 385 g/mol. The molecule has 0 radical (unpaired) electrons. The minimum atomic E-state index is -0.211. The van der Waals surface area contributed by atoms with Gasteiger partial charge in [0.25, 0.3) is 5.91 Å². The second-order valence-corrected chi connectivity index (χ2v) is 7.50. The number of pyridine rings is 1. The lowest BCUT2D eigenvalue weighted by Crippen LogP contribution is -2.22. The number of rotatable bonds is 6. The van der Waals surface area contributed by atoms with Crippen LogP contribution in [0.25, 0.3) is 10.2 Å². The molecule has 2 aromatic heterocycles. The highest BCUT2D eigenvalue weighted by atomic mass is 32.1. The van der Waals surface area contributed by atoms with E-state index in [1.807, 2.05) is 51.1 Å². The number of carbonyl (C=O) groups excluding carboxylic acids is 1. The van der Waals surface area contributed by atoms with Crippen LogP contribution in [0.3, 0.4) is 0 Å². The number of nitrogen functional groups attached to an aromatic ring is 1. The minimum absolute atomic E-state index is 0.0268. The normalized spacial score (nSPS) is 11.0. The second-order valence-electron chi connectivity index (χ2n) is 6.50. The van der Waals surface area contributed by atoms with Crippen molar-refractivity contribution in [2.75, 3.05) is 12.8 Å². The SMILES string of the molecule is COc1ccc(CNC(=O)c2sc3nc(OC(C)C)cc(C)c3c2N)cc1. The Morgan fingerprint density at radius 2 is 2.00 bits per heavy atom. The highest BCUT2D eigenvalue weighted by Gasteiger charge is 2.19. The van der Waals surface area contributed by atoms with Gasteiger partial charge in [-0.2, -0.15) is 0 Å². The maximum atomic E-state index is 12.6. The van der Waals surface area contributed by atoms with Crippen LogP contribution in [0.5, 0.6) is 11.6 Å². The van der Waals surface area contributed by atoms with Gasteiger partial charge in [-0.15, -0.1) is 11.3 Å².